The highest BCUT2D eigenvalue weighted by molar-refractivity contribution is 7.90. The Hall–Kier alpha value is -3.21. The van der Waals surface area contributed by atoms with Crippen molar-refractivity contribution >= 4 is 38.5 Å². The molecule has 11 heteroatoms. The van der Waals surface area contributed by atoms with Crippen LogP contribution in [0.25, 0.3) is 11.0 Å². The predicted molar refractivity (Wildman–Crippen MR) is 129 cm³/mol. The molecule has 1 aliphatic heterocycles. The summed E-state index contributed by atoms with van der Waals surface area (Å²) in [5.74, 6) is 0.595. The smallest absolute Gasteiger partial charge is 0.410 e. The molecule has 0 unspecified atom stereocenters. The first-order valence-electron chi connectivity index (χ1n) is 11.2. The molecule has 10 nitrogen and oxygen atoms in total. The Bertz CT molecular complexity index is 1320. The molecule has 1 amide bonds. The van der Waals surface area contributed by atoms with Gasteiger partial charge in [0.05, 0.1) is 22.5 Å². The predicted octanol–water partition coefficient (Wildman–Crippen LogP) is 3.85. The van der Waals surface area contributed by atoms with Crippen LogP contribution in [0.15, 0.2) is 35.6 Å². The number of amides is 1. The molecule has 1 aliphatic rings. The lowest BCUT2D eigenvalue weighted by Gasteiger charge is -2.33. The summed E-state index contributed by atoms with van der Waals surface area (Å²) >= 11 is 0. The van der Waals surface area contributed by atoms with E-state index in [4.69, 9.17) is 4.74 Å². The molecule has 1 saturated heterocycles. The molecule has 4 rings (SSSR count). The average Bonchev–Trinajstić information content (AvgIpc) is 3.18. The van der Waals surface area contributed by atoms with Crippen LogP contribution in [-0.4, -0.2) is 64.1 Å². The van der Waals surface area contributed by atoms with E-state index in [0.29, 0.717) is 24.6 Å². The highest BCUT2D eigenvalue weighted by Gasteiger charge is 2.29. The molecule has 1 aromatic carbocycles. The normalized spacial score (nSPS) is 15.5. The fourth-order valence-electron chi connectivity index (χ4n) is 3.98. The number of benzene rings is 1. The number of nitrogens with one attached hydrogen (secondary N) is 1. The number of rotatable bonds is 4. The number of aryl methyl sites for hydroxylation is 1. The summed E-state index contributed by atoms with van der Waals surface area (Å²) < 4.78 is 31.0. The summed E-state index contributed by atoms with van der Waals surface area (Å²) in [7, 11) is -3.28. The maximum Gasteiger partial charge on any atom is 0.410 e. The molecule has 0 saturated carbocycles. The fourth-order valence-corrected chi connectivity index (χ4v) is 4.69. The van der Waals surface area contributed by atoms with Gasteiger partial charge in [0.1, 0.15) is 17.7 Å². The van der Waals surface area contributed by atoms with Gasteiger partial charge in [0, 0.05) is 25.0 Å². The van der Waals surface area contributed by atoms with Crippen molar-refractivity contribution in [2.45, 2.75) is 57.1 Å². The summed E-state index contributed by atoms with van der Waals surface area (Å²) in [5.41, 5.74) is 1.73. The Morgan fingerprint density at radius 3 is 2.50 bits per heavy atom. The number of fused-ring (bicyclic) bond motifs is 1. The summed E-state index contributed by atoms with van der Waals surface area (Å²) in [5, 5.41) is 8.63. The Morgan fingerprint density at radius 2 is 1.88 bits per heavy atom. The molecule has 0 spiro atoms. The van der Waals surface area contributed by atoms with Crippen molar-refractivity contribution in [3.05, 3.63) is 36.3 Å². The van der Waals surface area contributed by atoms with Crippen molar-refractivity contribution in [1.82, 2.24) is 24.6 Å². The first kappa shape index (κ1) is 23.9. The standard InChI is InChI=1S/C23H30N6O4S/c1-15-12-17(34(5,31)32)6-7-19(15)27-20-18-13-26-29(21(18)25-14-24-20)16-8-10-28(11-9-16)22(30)33-23(2,3)4/h6-7,12-14,16H,8-11H2,1-5H3,(H,24,25,27). The van der Waals surface area contributed by atoms with Gasteiger partial charge in [0.25, 0.3) is 0 Å². The van der Waals surface area contributed by atoms with E-state index >= 15 is 0 Å². The van der Waals surface area contributed by atoms with E-state index in [1.807, 2.05) is 32.4 Å². The Labute approximate surface area is 199 Å². The van der Waals surface area contributed by atoms with Gasteiger partial charge in [-0.15, -0.1) is 0 Å². The van der Waals surface area contributed by atoms with Crippen molar-refractivity contribution in [2.75, 3.05) is 24.7 Å². The van der Waals surface area contributed by atoms with Crippen LogP contribution in [0.2, 0.25) is 0 Å². The minimum absolute atomic E-state index is 0.106. The third-order valence-electron chi connectivity index (χ3n) is 5.73. The highest BCUT2D eigenvalue weighted by Crippen LogP contribution is 2.30. The summed E-state index contributed by atoms with van der Waals surface area (Å²) in [6.45, 7) is 8.60. The molecular weight excluding hydrogens is 456 g/mol. The summed E-state index contributed by atoms with van der Waals surface area (Å²) in [6.07, 6.45) is 5.61. The van der Waals surface area contributed by atoms with Crippen molar-refractivity contribution in [1.29, 1.82) is 0 Å². The lowest BCUT2D eigenvalue weighted by Crippen LogP contribution is -2.42. The fraction of sp³-hybridized carbons (Fsp3) is 0.478. The van der Waals surface area contributed by atoms with Gasteiger partial charge in [-0.05, 0) is 64.3 Å². The maximum absolute atomic E-state index is 12.4. The van der Waals surface area contributed by atoms with Crippen molar-refractivity contribution in [3.8, 4) is 0 Å². The number of nitrogens with zero attached hydrogens (tertiary/aromatic N) is 5. The van der Waals surface area contributed by atoms with Crippen LogP contribution in [0.4, 0.5) is 16.3 Å². The number of sulfone groups is 1. The first-order chi connectivity index (χ1) is 15.9. The molecule has 1 N–H and O–H groups in total. The summed E-state index contributed by atoms with van der Waals surface area (Å²) in [4.78, 5) is 23.2. The number of piperidine rings is 1. The molecular formula is C23H30N6O4S. The number of hydrogen-bond donors (Lipinski definition) is 1. The maximum atomic E-state index is 12.4. The number of carbonyl (C=O) groups excluding carboxylic acids is 1. The monoisotopic (exact) mass is 486 g/mol. The minimum Gasteiger partial charge on any atom is -0.444 e. The second kappa shape index (κ2) is 8.86. The second-order valence-corrected chi connectivity index (χ2v) is 11.6. The second-order valence-electron chi connectivity index (χ2n) is 9.62. The third kappa shape index (κ3) is 5.14. The van der Waals surface area contributed by atoms with Gasteiger partial charge in [0.2, 0.25) is 0 Å². The average molecular weight is 487 g/mol. The van der Waals surface area contributed by atoms with Crippen molar-refractivity contribution in [2.24, 2.45) is 0 Å². The molecule has 182 valence electrons. The molecule has 3 heterocycles. The zero-order valence-corrected chi connectivity index (χ0v) is 20.9. The molecule has 1 fully saturated rings. The SMILES string of the molecule is Cc1cc(S(C)(=O)=O)ccc1Nc1ncnc2c1cnn2C1CCN(C(=O)OC(C)(C)C)CC1. The van der Waals surface area contributed by atoms with Gasteiger partial charge >= 0.3 is 6.09 Å². The molecule has 0 atom stereocenters. The van der Waals surface area contributed by atoms with E-state index in [-0.39, 0.29) is 17.0 Å². The van der Waals surface area contributed by atoms with Gasteiger partial charge in [-0.25, -0.2) is 27.9 Å². The van der Waals surface area contributed by atoms with E-state index in [0.717, 1.165) is 29.5 Å². The van der Waals surface area contributed by atoms with Crippen LogP contribution < -0.4 is 5.32 Å². The Kier molecular flexibility index (Phi) is 6.24. The number of anilines is 2. The topological polar surface area (TPSA) is 119 Å². The zero-order valence-electron chi connectivity index (χ0n) is 20.1. The van der Waals surface area contributed by atoms with Crippen LogP contribution in [0, 0.1) is 6.92 Å². The minimum atomic E-state index is -3.28. The van der Waals surface area contributed by atoms with Crippen LogP contribution >= 0.6 is 0 Å². The first-order valence-corrected chi connectivity index (χ1v) is 13.1. The van der Waals surface area contributed by atoms with Gasteiger partial charge < -0.3 is 15.0 Å². The number of carbonyl (C=O) groups is 1. The molecule has 2 aromatic heterocycles. The van der Waals surface area contributed by atoms with E-state index < -0.39 is 15.4 Å². The van der Waals surface area contributed by atoms with Crippen LogP contribution in [0.5, 0.6) is 0 Å². The molecule has 0 radical (unpaired) electrons. The lowest BCUT2D eigenvalue weighted by atomic mass is 10.1. The quantitative estimate of drug-likeness (QED) is 0.590. The van der Waals surface area contributed by atoms with Crippen molar-refractivity contribution < 1.29 is 17.9 Å². The van der Waals surface area contributed by atoms with Crippen LogP contribution in [-0.2, 0) is 14.6 Å². The Balaban J connectivity index is 1.51. The van der Waals surface area contributed by atoms with E-state index in [1.165, 1.54) is 12.6 Å². The largest absolute Gasteiger partial charge is 0.444 e. The van der Waals surface area contributed by atoms with Crippen molar-refractivity contribution in [3.63, 3.8) is 0 Å². The molecule has 0 aliphatic carbocycles. The zero-order chi connectivity index (χ0) is 24.7. The molecule has 34 heavy (non-hydrogen) atoms. The van der Waals surface area contributed by atoms with Gasteiger partial charge in [-0.1, -0.05) is 0 Å². The van der Waals surface area contributed by atoms with Crippen LogP contribution in [0.3, 0.4) is 0 Å². The van der Waals surface area contributed by atoms with Crippen LogP contribution in [0.1, 0.15) is 45.2 Å². The van der Waals surface area contributed by atoms with E-state index in [1.54, 1.807) is 29.3 Å². The highest BCUT2D eigenvalue weighted by atomic mass is 32.2. The number of likely N-dealkylation sites (tertiary alicyclic amines) is 1. The number of ether oxygens (including phenoxy) is 1. The molecule has 0 bridgehead atoms. The van der Waals surface area contributed by atoms with Gasteiger partial charge in [-0.3, -0.25) is 0 Å². The summed E-state index contributed by atoms with van der Waals surface area (Å²) in [6, 6.07) is 5.05. The third-order valence-corrected chi connectivity index (χ3v) is 6.84. The number of aromatic nitrogens is 4. The van der Waals surface area contributed by atoms with E-state index in [2.05, 4.69) is 20.4 Å². The van der Waals surface area contributed by atoms with Gasteiger partial charge in [-0.2, -0.15) is 5.10 Å². The number of hydrogen-bond acceptors (Lipinski definition) is 8. The molecule has 3 aromatic rings. The Morgan fingerprint density at radius 1 is 1.18 bits per heavy atom. The van der Waals surface area contributed by atoms with E-state index in [9.17, 15) is 13.2 Å². The lowest BCUT2D eigenvalue weighted by molar-refractivity contribution is 0.0186. The van der Waals surface area contributed by atoms with Gasteiger partial charge in [0.15, 0.2) is 15.5 Å².